The summed E-state index contributed by atoms with van der Waals surface area (Å²) in [5.74, 6) is 1.93. The van der Waals surface area contributed by atoms with Crippen LogP contribution in [0.1, 0.15) is 52.4 Å². The summed E-state index contributed by atoms with van der Waals surface area (Å²) in [6, 6.07) is 0. The lowest BCUT2D eigenvalue weighted by atomic mass is 9.88. The van der Waals surface area contributed by atoms with Gasteiger partial charge in [0.25, 0.3) is 0 Å². The fourth-order valence-corrected chi connectivity index (χ4v) is 2.65. The van der Waals surface area contributed by atoms with Crippen LogP contribution in [0.2, 0.25) is 0 Å². The van der Waals surface area contributed by atoms with Gasteiger partial charge in [-0.1, -0.05) is 39.5 Å². The van der Waals surface area contributed by atoms with Crippen LogP contribution in [-0.4, -0.2) is 5.25 Å². The highest BCUT2D eigenvalue weighted by Gasteiger charge is 2.22. The molecule has 2 atom stereocenters. The standard InChI is InChI=1S/C11H22S/c1-3-11(12)8-9(2)10-6-4-5-7-10/h9-12H,3-8H2,1-2H3. The smallest absolute Gasteiger partial charge is 0.00168 e. The van der Waals surface area contributed by atoms with Crippen molar-refractivity contribution >= 4 is 12.6 Å². The lowest BCUT2D eigenvalue weighted by Crippen LogP contribution is -2.12. The molecule has 1 heteroatoms. The molecule has 0 aliphatic heterocycles. The van der Waals surface area contributed by atoms with Crippen molar-refractivity contribution in [2.75, 3.05) is 0 Å². The largest absolute Gasteiger partial charge is 0.176 e. The average Bonchev–Trinajstić information content (AvgIpc) is 2.56. The van der Waals surface area contributed by atoms with Crippen molar-refractivity contribution in [1.82, 2.24) is 0 Å². The zero-order chi connectivity index (χ0) is 8.97. The quantitative estimate of drug-likeness (QED) is 0.632. The Kier molecular flexibility index (Phi) is 4.49. The molecule has 12 heavy (non-hydrogen) atoms. The molecular weight excluding hydrogens is 164 g/mol. The molecule has 0 aromatic carbocycles. The van der Waals surface area contributed by atoms with Crippen LogP contribution in [0.15, 0.2) is 0 Å². The Morgan fingerprint density at radius 1 is 1.33 bits per heavy atom. The molecule has 0 aromatic heterocycles. The van der Waals surface area contributed by atoms with Gasteiger partial charge in [-0.15, -0.1) is 0 Å². The minimum atomic E-state index is 0.639. The van der Waals surface area contributed by atoms with Crippen molar-refractivity contribution < 1.29 is 0 Å². The molecule has 0 N–H and O–H groups in total. The van der Waals surface area contributed by atoms with E-state index in [1.807, 2.05) is 0 Å². The second kappa shape index (κ2) is 5.16. The Labute approximate surface area is 82.5 Å². The van der Waals surface area contributed by atoms with Gasteiger partial charge in [0.15, 0.2) is 0 Å². The molecule has 0 amide bonds. The monoisotopic (exact) mass is 186 g/mol. The number of hydrogen-bond acceptors (Lipinski definition) is 1. The van der Waals surface area contributed by atoms with E-state index in [1.165, 1.54) is 38.5 Å². The molecule has 0 aromatic rings. The van der Waals surface area contributed by atoms with Gasteiger partial charge in [-0.25, -0.2) is 0 Å². The van der Waals surface area contributed by atoms with E-state index in [0.29, 0.717) is 5.25 Å². The van der Waals surface area contributed by atoms with E-state index in [2.05, 4.69) is 26.5 Å². The minimum absolute atomic E-state index is 0.639. The van der Waals surface area contributed by atoms with Crippen molar-refractivity contribution in [3.8, 4) is 0 Å². The highest BCUT2D eigenvalue weighted by atomic mass is 32.1. The van der Waals surface area contributed by atoms with Crippen molar-refractivity contribution in [1.29, 1.82) is 0 Å². The first-order valence-corrected chi connectivity index (χ1v) is 5.93. The highest BCUT2D eigenvalue weighted by molar-refractivity contribution is 7.80. The Morgan fingerprint density at radius 3 is 2.42 bits per heavy atom. The molecule has 0 saturated heterocycles. The Balaban J connectivity index is 2.21. The van der Waals surface area contributed by atoms with Crippen LogP contribution in [-0.2, 0) is 0 Å². The second-order valence-corrected chi connectivity index (χ2v) is 5.05. The Morgan fingerprint density at radius 2 is 1.92 bits per heavy atom. The van der Waals surface area contributed by atoms with Crippen molar-refractivity contribution in [3.05, 3.63) is 0 Å². The number of hydrogen-bond donors (Lipinski definition) is 1. The van der Waals surface area contributed by atoms with Gasteiger partial charge in [0.1, 0.15) is 0 Å². The van der Waals surface area contributed by atoms with E-state index in [-0.39, 0.29) is 0 Å². The topological polar surface area (TPSA) is 0 Å². The van der Waals surface area contributed by atoms with Crippen LogP contribution >= 0.6 is 12.6 Å². The predicted molar refractivity (Wildman–Crippen MR) is 58.8 cm³/mol. The molecule has 1 aliphatic rings. The van der Waals surface area contributed by atoms with Gasteiger partial charge in [0, 0.05) is 5.25 Å². The van der Waals surface area contributed by atoms with Gasteiger partial charge < -0.3 is 0 Å². The van der Waals surface area contributed by atoms with Gasteiger partial charge >= 0.3 is 0 Å². The minimum Gasteiger partial charge on any atom is -0.176 e. The fraction of sp³-hybridized carbons (Fsp3) is 1.00. The summed E-state index contributed by atoms with van der Waals surface area (Å²) >= 11 is 4.56. The third-order valence-corrected chi connectivity index (χ3v) is 3.90. The van der Waals surface area contributed by atoms with Gasteiger partial charge in [-0.2, -0.15) is 12.6 Å². The molecule has 0 heterocycles. The number of thiol groups is 1. The van der Waals surface area contributed by atoms with Gasteiger partial charge in [0.2, 0.25) is 0 Å². The summed E-state index contributed by atoms with van der Waals surface area (Å²) < 4.78 is 0. The summed E-state index contributed by atoms with van der Waals surface area (Å²) in [6.07, 6.45) is 8.44. The van der Waals surface area contributed by atoms with Crippen LogP contribution < -0.4 is 0 Å². The van der Waals surface area contributed by atoms with Crippen molar-refractivity contribution in [2.45, 2.75) is 57.6 Å². The maximum Gasteiger partial charge on any atom is 0.00168 e. The van der Waals surface area contributed by atoms with E-state index in [0.717, 1.165) is 11.8 Å². The van der Waals surface area contributed by atoms with E-state index < -0.39 is 0 Å². The lowest BCUT2D eigenvalue weighted by Gasteiger charge is -2.21. The number of rotatable bonds is 4. The third-order valence-electron chi connectivity index (χ3n) is 3.32. The van der Waals surface area contributed by atoms with E-state index in [9.17, 15) is 0 Å². The maximum atomic E-state index is 4.56. The molecule has 0 nitrogen and oxygen atoms in total. The molecule has 2 unspecified atom stereocenters. The fourth-order valence-electron chi connectivity index (χ4n) is 2.31. The Hall–Kier alpha value is 0.350. The van der Waals surface area contributed by atoms with Crippen LogP contribution in [0.3, 0.4) is 0 Å². The molecule has 1 fully saturated rings. The van der Waals surface area contributed by atoms with Crippen LogP contribution in [0.25, 0.3) is 0 Å². The molecule has 0 radical (unpaired) electrons. The molecule has 1 rings (SSSR count). The van der Waals surface area contributed by atoms with E-state index in [1.54, 1.807) is 0 Å². The van der Waals surface area contributed by atoms with E-state index in [4.69, 9.17) is 0 Å². The highest BCUT2D eigenvalue weighted by Crippen LogP contribution is 2.34. The lowest BCUT2D eigenvalue weighted by molar-refractivity contribution is 0.341. The SMILES string of the molecule is CCC(S)CC(C)C1CCCC1. The summed E-state index contributed by atoms with van der Waals surface area (Å²) in [5.41, 5.74) is 0. The first kappa shape index (κ1) is 10.4. The van der Waals surface area contributed by atoms with E-state index >= 15 is 0 Å². The average molecular weight is 186 g/mol. The Bertz CT molecular complexity index is 116. The third kappa shape index (κ3) is 3.01. The summed E-state index contributed by atoms with van der Waals surface area (Å²) in [4.78, 5) is 0. The first-order valence-electron chi connectivity index (χ1n) is 5.42. The molecule has 0 spiro atoms. The molecular formula is C11H22S. The van der Waals surface area contributed by atoms with Crippen LogP contribution in [0.4, 0.5) is 0 Å². The van der Waals surface area contributed by atoms with Gasteiger partial charge in [0.05, 0.1) is 0 Å². The van der Waals surface area contributed by atoms with Crippen LogP contribution in [0.5, 0.6) is 0 Å². The van der Waals surface area contributed by atoms with Crippen LogP contribution in [0, 0.1) is 11.8 Å². The molecule has 1 aliphatic carbocycles. The molecule has 72 valence electrons. The summed E-state index contributed by atoms with van der Waals surface area (Å²) in [5, 5.41) is 0.639. The van der Waals surface area contributed by atoms with Crippen molar-refractivity contribution in [3.63, 3.8) is 0 Å². The maximum absolute atomic E-state index is 4.56. The second-order valence-electron chi connectivity index (χ2n) is 4.32. The van der Waals surface area contributed by atoms with Gasteiger partial charge in [-0.05, 0) is 24.7 Å². The summed E-state index contributed by atoms with van der Waals surface area (Å²) in [7, 11) is 0. The van der Waals surface area contributed by atoms with Gasteiger partial charge in [-0.3, -0.25) is 0 Å². The zero-order valence-corrected chi connectivity index (χ0v) is 9.32. The zero-order valence-electron chi connectivity index (χ0n) is 8.42. The van der Waals surface area contributed by atoms with Crippen molar-refractivity contribution in [2.24, 2.45) is 11.8 Å². The molecule has 1 saturated carbocycles. The first-order chi connectivity index (χ1) is 5.74. The predicted octanol–water partition coefficient (Wildman–Crippen LogP) is 3.91. The molecule has 0 bridgehead atoms. The normalized spacial score (nSPS) is 24.2. The summed E-state index contributed by atoms with van der Waals surface area (Å²) in [6.45, 7) is 4.65.